The number of hydrogen-bond acceptors (Lipinski definition) is 5. The van der Waals surface area contributed by atoms with Gasteiger partial charge in [0.05, 0.1) is 12.3 Å². The highest BCUT2D eigenvalue weighted by Gasteiger charge is 2.18. The van der Waals surface area contributed by atoms with Gasteiger partial charge in [-0.25, -0.2) is 4.79 Å². The number of nitrogens with two attached hydrogens (primary N) is 1. The molecule has 7 heteroatoms. The number of hydrogen-bond donors (Lipinski definition) is 2. The predicted molar refractivity (Wildman–Crippen MR) is 70.5 cm³/mol. The standard InChI is InChI=1S/C12H20N4O3/c1-5-19-11(18)10-8(13)6-16(15-10)7-9(17)14-12(2,3)4/h6H,5,7,13H2,1-4H3,(H,14,17). The lowest BCUT2D eigenvalue weighted by molar-refractivity contribution is -0.123. The zero-order chi connectivity index (χ0) is 14.6. The molecular formula is C12H20N4O3. The van der Waals surface area contributed by atoms with Crippen LogP contribution in [-0.4, -0.2) is 33.8 Å². The first-order valence-electron chi connectivity index (χ1n) is 6.04. The molecule has 0 saturated heterocycles. The van der Waals surface area contributed by atoms with Crippen LogP contribution in [0.4, 0.5) is 5.69 Å². The van der Waals surface area contributed by atoms with Crippen molar-refractivity contribution in [2.75, 3.05) is 12.3 Å². The van der Waals surface area contributed by atoms with E-state index in [0.29, 0.717) is 0 Å². The number of rotatable bonds is 4. The third kappa shape index (κ3) is 4.61. The van der Waals surface area contributed by atoms with E-state index in [1.54, 1.807) is 6.92 Å². The number of carbonyl (C=O) groups is 2. The second-order valence-corrected chi connectivity index (χ2v) is 5.15. The monoisotopic (exact) mass is 268 g/mol. The summed E-state index contributed by atoms with van der Waals surface area (Å²) in [4.78, 5) is 23.2. The summed E-state index contributed by atoms with van der Waals surface area (Å²) in [7, 11) is 0. The summed E-state index contributed by atoms with van der Waals surface area (Å²) in [5.74, 6) is -0.791. The van der Waals surface area contributed by atoms with E-state index in [1.165, 1.54) is 10.9 Å². The van der Waals surface area contributed by atoms with Crippen LogP contribution in [0.5, 0.6) is 0 Å². The molecule has 1 aromatic heterocycles. The fourth-order valence-corrected chi connectivity index (χ4v) is 1.48. The van der Waals surface area contributed by atoms with Gasteiger partial charge in [-0.15, -0.1) is 0 Å². The van der Waals surface area contributed by atoms with E-state index in [2.05, 4.69) is 10.4 Å². The molecule has 19 heavy (non-hydrogen) atoms. The van der Waals surface area contributed by atoms with E-state index < -0.39 is 5.97 Å². The second-order valence-electron chi connectivity index (χ2n) is 5.15. The van der Waals surface area contributed by atoms with Gasteiger partial charge in [-0.2, -0.15) is 5.10 Å². The summed E-state index contributed by atoms with van der Waals surface area (Å²) in [6.45, 7) is 7.59. The number of amides is 1. The first-order valence-corrected chi connectivity index (χ1v) is 6.04. The van der Waals surface area contributed by atoms with Crippen molar-refractivity contribution in [2.45, 2.75) is 39.8 Å². The fourth-order valence-electron chi connectivity index (χ4n) is 1.48. The maximum atomic E-state index is 11.7. The van der Waals surface area contributed by atoms with Crippen molar-refractivity contribution in [1.29, 1.82) is 0 Å². The number of nitrogens with zero attached hydrogens (tertiary/aromatic N) is 2. The highest BCUT2D eigenvalue weighted by atomic mass is 16.5. The predicted octanol–water partition coefficient (Wildman–Crippen LogP) is 0.557. The average Bonchev–Trinajstić information content (AvgIpc) is 2.56. The summed E-state index contributed by atoms with van der Waals surface area (Å²) in [6.07, 6.45) is 1.44. The van der Waals surface area contributed by atoms with Crippen LogP contribution >= 0.6 is 0 Å². The highest BCUT2D eigenvalue weighted by Crippen LogP contribution is 2.10. The first kappa shape index (κ1) is 15.0. The Labute approximate surface area is 112 Å². The summed E-state index contributed by atoms with van der Waals surface area (Å²) < 4.78 is 6.13. The van der Waals surface area contributed by atoms with E-state index >= 15 is 0 Å². The maximum absolute atomic E-state index is 11.7. The Kier molecular flexibility index (Phi) is 4.52. The van der Waals surface area contributed by atoms with Gasteiger partial charge in [0.15, 0.2) is 5.69 Å². The van der Waals surface area contributed by atoms with Crippen LogP contribution in [-0.2, 0) is 16.1 Å². The number of anilines is 1. The molecule has 0 aromatic carbocycles. The normalized spacial score (nSPS) is 11.2. The van der Waals surface area contributed by atoms with Gasteiger partial charge in [-0.05, 0) is 27.7 Å². The summed E-state index contributed by atoms with van der Waals surface area (Å²) in [5.41, 5.74) is 5.57. The van der Waals surface area contributed by atoms with Crippen LogP contribution < -0.4 is 11.1 Å². The lowest BCUT2D eigenvalue weighted by Gasteiger charge is -2.20. The fraction of sp³-hybridized carbons (Fsp3) is 0.583. The topological polar surface area (TPSA) is 99.2 Å². The van der Waals surface area contributed by atoms with Crippen LogP contribution in [0.2, 0.25) is 0 Å². The van der Waals surface area contributed by atoms with Gasteiger partial charge >= 0.3 is 5.97 Å². The Bertz CT molecular complexity index is 474. The number of nitrogens with one attached hydrogen (secondary N) is 1. The van der Waals surface area contributed by atoms with Crippen molar-refractivity contribution < 1.29 is 14.3 Å². The quantitative estimate of drug-likeness (QED) is 0.777. The van der Waals surface area contributed by atoms with E-state index in [-0.39, 0.29) is 36.0 Å². The molecule has 0 radical (unpaired) electrons. The van der Waals surface area contributed by atoms with Gasteiger partial charge in [0, 0.05) is 11.7 Å². The SMILES string of the molecule is CCOC(=O)c1nn(CC(=O)NC(C)(C)C)cc1N. The third-order valence-electron chi connectivity index (χ3n) is 2.08. The Morgan fingerprint density at radius 1 is 1.47 bits per heavy atom. The van der Waals surface area contributed by atoms with Gasteiger partial charge in [-0.3, -0.25) is 9.48 Å². The van der Waals surface area contributed by atoms with Crippen molar-refractivity contribution in [1.82, 2.24) is 15.1 Å². The Balaban J connectivity index is 2.74. The highest BCUT2D eigenvalue weighted by molar-refractivity contribution is 5.92. The Morgan fingerprint density at radius 2 is 2.11 bits per heavy atom. The van der Waals surface area contributed by atoms with Gasteiger partial charge in [0.2, 0.25) is 5.91 Å². The average molecular weight is 268 g/mol. The van der Waals surface area contributed by atoms with Gasteiger partial charge < -0.3 is 15.8 Å². The van der Waals surface area contributed by atoms with Crippen molar-refractivity contribution in [2.24, 2.45) is 0 Å². The summed E-state index contributed by atoms with van der Waals surface area (Å²) in [5, 5.41) is 6.75. The molecule has 1 rings (SSSR count). The van der Waals surface area contributed by atoms with Crippen molar-refractivity contribution in [3.05, 3.63) is 11.9 Å². The maximum Gasteiger partial charge on any atom is 0.361 e. The zero-order valence-electron chi connectivity index (χ0n) is 11.7. The molecule has 1 aromatic rings. The van der Waals surface area contributed by atoms with Gasteiger partial charge in [0.1, 0.15) is 6.54 Å². The van der Waals surface area contributed by atoms with E-state index in [4.69, 9.17) is 10.5 Å². The molecule has 0 fully saturated rings. The minimum absolute atomic E-state index is 0.000868. The summed E-state index contributed by atoms with van der Waals surface area (Å²) in [6, 6.07) is 0. The molecule has 106 valence electrons. The zero-order valence-corrected chi connectivity index (χ0v) is 11.7. The van der Waals surface area contributed by atoms with Crippen molar-refractivity contribution >= 4 is 17.6 Å². The van der Waals surface area contributed by atoms with Crippen molar-refractivity contribution in [3.63, 3.8) is 0 Å². The van der Waals surface area contributed by atoms with Crippen LogP contribution in [0.15, 0.2) is 6.20 Å². The van der Waals surface area contributed by atoms with Crippen molar-refractivity contribution in [3.8, 4) is 0 Å². The number of aromatic nitrogens is 2. The van der Waals surface area contributed by atoms with E-state index in [0.717, 1.165) is 0 Å². The van der Waals surface area contributed by atoms with Gasteiger partial charge in [0.25, 0.3) is 0 Å². The van der Waals surface area contributed by atoms with Crippen LogP contribution in [0.1, 0.15) is 38.2 Å². The first-order chi connectivity index (χ1) is 8.73. The Morgan fingerprint density at radius 3 is 2.63 bits per heavy atom. The minimum atomic E-state index is -0.588. The van der Waals surface area contributed by atoms with Crippen LogP contribution in [0.3, 0.4) is 0 Å². The minimum Gasteiger partial charge on any atom is -0.461 e. The lowest BCUT2D eigenvalue weighted by Crippen LogP contribution is -2.42. The number of esters is 1. The molecule has 7 nitrogen and oxygen atoms in total. The molecule has 1 amide bonds. The molecular weight excluding hydrogens is 248 g/mol. The molecule has 0 saturated carbocycles. The molecule has 1 heterocycles. The molecule has 0 aliphatic carbocycles. The molecule has 0 unspecified atom stereocenters. The molecule has 0 spiro atoms. The largest absolute Gasteiger partial charge is 0.461 e. The number of ether oxygens (including phenoxy) is 1. The second kappa shape index (κ2) is 5.73. The van der Waals surface area contributed by atoms with Gasteiger partial charge in [-0.1, -0.05) is 0 Å². The smallest absolute Gasteiger partial charge is 0.361 e. The molecule has 3 N–H and O–H groups in total. The number of nitrogen functional groups attached to an aromatic ring is 1. The van der Waals surface area contributed by atoms with Crippen LogP contribution in [0, 0.1) is 0 Å². The molecule has 0 bridgehead atoms. The molecule has 0 aliphatic rings. The molecule has 0 aliphatic heterocycles. The van der Waals surface area contributed by atoms with E-state index in [9.17, 15) is 9.59 Å². The third-order valence-corrected chi connectivity index (χ3v) is 2.08. The summed E-state index contributed by atoms with van der Waals surface area (Å²) >= 11 is 0. The lowest BCUT2D eigenvalue weighted by atomic mass is 10.1. The number of carbonyl (C=O) groups excluding carboxylic acids is 2. The van der Waals surface area contributed by atoms with E-state index in [1.807, 2.05) is 20.8 Å². The van der Waals surface area contributed by atoms with Crippen LogP contribution in [0.25, 0.3) is 0 Å². The Hall–Kier alpha value is -2.05. The molecule has 0 atom stereocenters.